The summed E-state index contributed by atoms with van der Waals surface area (Å²) in [6, 6.07) is 0. The van der Waals surface area contributed by atoms with Gasteiger partial charge in [0.05, 0.1) is 6.61 Å². The first-order valence-corrected chi connectivity index (χ1v) is 24.6. The Hall–Kier alpha value is -1.67. The second kappa shape index (κ2) is 35.9. The van der Waals surface area contributed by atoms with Crippen LogP contribution in [0.3, 0.4) is 0 Å². The van der Waals surface area contributed by atoms with E-state index in [0.29, 0.717) is 12.8 Å². The molecule has 0 heterocycles. The zero-order chi connectivity index (χ0) is 43.6. The SMILES string of the molecule is CCC/C=C\C/C=C\CCCCCCCC(=O)OC(COC(=O)CCCCCCCCCCCCCCCCCCC)COP(=O)(O)OC1C(O)C(O)C(O)C(O)C1O. The molecule has 0 amide bonds. The number of phosphoric acid groups is 1. The molecule has 6 atom stereocenters. The lowest BCUT2D eigenvalue weighted by molar-refractivity contribution is -0.220. The predicted molar refractivity (Wildman–Crippen MR) is 230 cm³/mol. The highest BCUT2D eigenvalue weighted by Crippen LogP contribution is 2.47. The number of aliphatic hydroxyl groups excluding tert-OH is 5. The van der Waals surface area contributed by atoms with Crippen molar-refractivity contribution in [1.82, 2.24) is 0 Å². The van der Waals surface area contributed by atoms with Gasteiger partial charge < -0.3 is 39.9 Å². The lowest BCUT2D eigenvalue weighted by atomic mass is 9.85. The van der Waals surface area contributed by atoms with Crippen LogP contribution in [0.15, 0.2) is 24.3 Å². The van der Waals surface area contributed by atoms with Crippen LogP contribution in [0.25, 0.3) is 0 Å². The fourth-order valence-electron chi connectivity index (χ4n) is 7.03. The Balaban J connectivity index is 2.44. The molecule has 0 spiro atoms. The number of esters is 2. The Kier molecular flexibility index (Phi) is 33.7. The van der Waals surface area contributed by atoms with E-state index < -0.39 is 75.7 Å². The van der Waals surface area contributed by atoms with Gasteiger partial charge in [-0.05, 0) is 38.5 Å². The van der Waals surface area contributed by atoms with Crippen molar-refractivity contribution in [3.8, 4) is 0 Å². The molecule has 0 radical (unpaired) electrons. The van der Waals surface area contributed by atoms with E-state index >= 15 is 0 Å². The van der Waals surface area contributed by atoms with Gasteiger partial charge >= 0.3 is 19.8 Å². The molecule has 1 fully saturated rings. The van der Waals surface area contributed by atoms with Crippen molar-refractivity contribution < 1.29 is 63.1 Å². The standard InChI is InChI=1S/C45H83O13P/c1-3-5-7-9-11-13-15-17-18-19-20-22-23-25-27-29-31-33-38(46)55-35-37(36-56-59(53,54)58-45-43(51)41(49)40(48)42(50)44(45)52)57-39(47)34-32-30-28-26-24-21-16-14-12-10-8-6-4-2/h8,10,14,16,37,40-45,48-52H,3-7,9,11-13,15,17-36H2,1-2H3,(H,53,54)/b10-8-,16-14-. The monoisotopic (exact) mass is 863 g/mol. The first-order chi connectivity index (χ1) is 28.4. The molecule has 6 N–H and O–H groups in total. The lowest BCUT2D eigenvalue weighted by Gasteiger charge is -2.41. The number of carbonyl (C=O) groups is 2. The van der Waals surface area contributed by atoms with Crippen molar-refractivity contribution in [3.63, 3.8) is 0 Å². The summed E-state index contributed by atoms with van der Waals surface area (Å²) < 4.78 is 33.5. The van der Waals surface area contributed by atoms with Gasteiger partial charge in [0.2, 0.25) is 0 Å². The quantitative estimate of drug-likeness (QED) is 0.0149. The normalized spacial score (nSPS) is 22.5. The molecule has 14 heteroatoms. The molecule has 1 aliphatic carbocycles. The summed E-state index contributed by atoms with van der Waals surface area (Å²) in [5.74, 6) is -1.11. The van der Waals surface area contributed by atoms with Crippen LogP contribution in [0.5, 0.6) is 0 Å². The fourth-order valence-corrected chi connectivity index (χ4v) is 8.00. The molecular weight excluding hydrogens is 779 g/mol. The first-order valence-electron chi connectivity index (χ1n) is 23.1. The van der Waals surface area contributed by atoms with E-state index in [9.17, 15) is 44.6 Å². The molecule has 0 aromatic rings. The topological polar surface area (TPSA) is 210 Å². The van der Waals surface area contributed by atoms with Crippen LogP contribution in [-0.4, -0.2) is 98.3 Å². The number of aliphatic hydroxyl groups is 5. The van der Waals surface area contributed by atoms with Crippen molar-refractivity contribution in [2.75, 3.05) is 13.2 Å². The van der Waals surface area contributed by atoms with Crippen LogP contribution in [-0.2, 0) is 32.7 Å². The highest BCUT2D eigenvalue weighted by Gasteiger charge is 2.51. The number of allylic oxidation sites excluding steroid dienone is 4. The number of hydrogen-bond donors (Lipinski definition) is 6. The molecule has 0 aromatic carbocycles. The smallest absolute Gasteiger partial charge is 0.462 e. The second-order valence-corrected chi connectivity index (χ2v) is 17.7. The molecule has 0 aromatic heterocycles. The van der Waals surface area contributed by atoms with E-state index in [-0.39, 0.29) is 12.8 Å². The molecular formula is C45H83O13P. The maximum atomic E-state index is 12.8. The molecule has 346 valence electrons. The Bertz CT molecular complexity index is 1130. The van der Waals surface area contributed by atoms with Gasteiger partial charge in [-0.2, -0.15) is 0 Å². The zero-order valence-corrected chi connectivity index (χ0v) is 37.4. The Labute approximate surface area is 356 Å². The van der Waals surface area contributed by atoms with Crippen molar-refractivity contribution in [1.29, 1.82) is 0 Å². The highest BCUT2D eigenvalue weighted by molar-refractivity contribution is 7.47. The van der Waals surface area contributed by atoms with Gasteiger partial charge in [-0.15, -0.1) is 0 Å². The molecule has 0 bridgehead atoms. The van der Waals surface area contributed by atoms with E-state index in [4.69, 9.17) is 18.5 Å². The van der Waals surface area contributed by atoms with Gasteiger partial charge in [0.25, 0.3) is 0 Å². The number of carbonyl (C=O) groups excluding carboxylic acids is 2. The molecule has 1 saturated carbocycles. The van der Waals surface area contributed by atoms with Crippen molar-refractivity contribution >= 4 is 19.8 Å². The molecule has 0 saturated heterocycles. The number of ether oxygens (including phenoxy) is 2. The third kappa shape index (κ3) is 28.5. The summed E-state index contributed by atoms with van der Waals surface area (Å²) >= 11 is 0. The Morgan fingerprint density at radius 1 is 0.525 bits per heavy atom. The van der Waals surface area contributed by atoms with Crippen molar-refractivity contribution in [2.45, 2.75) is 236 Å². The van der Waals surface area contributed by atoms with Gasteiger partial charge in [-0.1, -0.05) is 167 Å². The van der Waals surface area contributed by atoms with Gasteiger partial charge in [0.1, 0.15) is 43.2 Å². The van der Waals surface area contributed by atoms with E-state index in [1.54, 1.807) is 0 Å². The first kappa shape index (κ1) is 55.3. The van der Waals surface area contributed by atoms with Crippen LogP contribution >= 0.6 is 7.82 Å². The number of phosphoric ester groups is 1. The van der Waals surface area contributed by atoms with Crippen LogP contribution < -0.4 is 0 Å². The minimum absolute atomic E-state index is 0.0829. The minimum atomic E-state index is -5.12. The average Bonchev–Trinajstić information content (AvgIpc) is 3.21. The van der Waals surface area contributed by atoms with Crippen LogP contribution in [0, 0.1) is 0 Å². The summed E-state index contributed by atoms with van der Waals surface area (Å²) in [7, 11) is -5.12. The summed E-state index contributed by atoms with van der Waals surface area (Å²) in [4.78, 5) is 35.7. The summed E-state index contributed by atoms with van der Waals surface area (Å²) in [6.07, 6.45) is 25.2. The predicted octanol–water partition coefficient (Wildman–Crippen LogP) is 8.84. The summed E-state index contributed by atoms with van der Waals surface area (Å²) in [5.41, 5.74) is 0. The number of unbranched alkanes of at least 4 members (excludes halogenated alkanes) is 22. The zero-order valence-electron chi connectivity index (χ0n) is 36.6. The largest absolute Gasteiger partial charge is 0.472 e. The van der Waals surface area contributed by atoms with Crippen molar-refractivity contribution in [3.05, 3.63) is 24.3 Å². The number of rotatable bonds is 38. The van der Waals surface area contributed by atoms with Crippen LogP contribution in [0.2, 0.25) is 0 Å². The Morgan fingerprint density at radius 2 is 0.949 bits per heavy atom. The van der Waals surface area contributed by atoms with E-state index in [1.807, 2.05) is 0 Å². The molecule has 1 aliphatic rings. The number of hydrogen-bond acceptors (Lipinski definition) is 12. The van der Waals surface area contributed by atoms with E-state index in [0.717, 1.165) is 70.6 Å². The maximum absolute atomic E-state index is 12.8. The van der Waals surface area contributed by atoms with Gasteiger partial charge in [-0.3, -0.25) is 18.6 Å². The van der Waals surface area contributed by atoms with Gasteiger partial charge in [0.15, 0.2) is 6.10 Å². The van der Waals surface area contributed by atoms with Crippen LogP contribution in [0.1, 0.15) is 194 Å². The van der Waals surface area contributed by atoms with Gasteiger partial charge in [-0.25, -0.2) is 4.57 Å². The van der Waals surface area contributed by atoms with E-state index in [2.05, 4.69) is 38.2 Å². The van der Waals surface area contributed by atoms with Gasteiger partial charge in [0, 0.05) is 12.8 Å². The molecule has 13 nitrogen and oxygen atoms in total. The molecule has 59 heavy (non-hydrogen) atoms. The van der Waals surface area contributed by atoms with Crippen molar-refractivity contribution in [2.24, 2.45) is 0 Å². The summed E-state index contributed by atoms with van der Waals surface area (Å²) in [5, 5.41) is 50.1. The highest BCUT2D eigenvalue weighted by atomic mass is 31.2. The third-order valence-corrected chi connectivity index (χ3v) is 11.8. The summed E-state index contributed by atoms with van der Waals surface area (Å²) in [6.45, 7) is 3.23. The Morgan fingerprint density at radius 3 is 1.44 bits per heavy atom. The average molecular weight is 863 g/mol. The van der Waals surface area contributed by atoms with Crippen LogP contribution in [0.4, 0.5) is 0 Å². The maximum Gasteiger partial charge on any atom is 0.472 e. The minimum Gasteiger partial charge on any atom is -0.462 e. The lowest BCUT2D eigenvalue weighted by Crippen LogP contribution is -2.64. The molecule has 1 rings (SSSR count). The van der Waals surface area contributed by atoms with E-state index in [1.165, 1.54) is 83.5 Å². The third-order valence-electron chi connectivity index (χ3n) is 10.8. The fraction of sp³-hybridized carbons (Fsp3) is 0.867. The second-order valence-electron chi connectivity index (χ2n) is 16.3. The molecule has 0 aliphatic heterocycles. The molecule has 6 unspecified atom stereocenters.